The number of aryl methyl sites for hydroxylation is 1. The summed E-state index contributed by atoms with van der Waals surface area (Å²) >= 11 is 6.21. The van der Waals surface area contributed by atoms with Crippen LogP contribution in [0.2, 0.25) is 5.02 Å². The molecule has 0 amide bonds. The summed E-state index contributed by atoms with van der Waals surface area (Å²) in [7, 11) is 0. The lowest BCUT2D eigenvalue weighted by molar-refractivity contribution is -0.153. The molecule has 2 aromatic carbocycles. The Bertz CT molecular complexity index is 801. The van der Waals surface area contributed by atoms with Gasteiger partial charge < -0.3 is 9.84 Å². The van der Waals surface area contributed by atoms with E-state index in [2.05, 4.69) is 0 Å². The molecule has 1 N–H and O–H groups in total. The fourth-order valence-corrected chi connectivity index (χ4v) is 3.07. The summed E-state index contributed by atoms with van der Waals surface area (Å²) in [5, 5.41) is 9.46. The van der Waals surface area contributed by atoms with Crippen molar-refractivity contribution in [3.63, 3.8) is 0 Å². The number of halogens is 4. The molecule has 0 fully saturated rings. The zero-order chi connectivity index (χ0) is 20.2. The van der Waals surface area contributed by atoms with Gasteiger partial charge >= 0.3 is 12.1 Å². The van der Waals surface area contributed by atoms with Crippen molar-refractivity contribution < 1.29 is 27.8 Å². The topological polar surface area (TPSA) is 46.5 Å². The first-order valence-corrected chi connectivity index (χ1v) is 8.83. The molecule has 0 aliphatic heterocycles. The van der Waals surface area contributed by atoms with Gasteiger partial charge in [0, 0.05) is 5.56 Å². The Morgan fingerprint density at radius 3 is 2.37 bits per heavy atom. The minimum Gasteiger partial charge on any atom is -0.482 e. The van der Waals surface area contributed by atoms with Gasteiger partial charge in [0.05, 0.1) is 10.9 Å². The van der Waals surface area contributed by atoms with E-state index in [1.165, 1.54) is 6.07 Å². The summed E-state index contributed by atoms with van der Waals surface area (Å²) in [6.45, 7) is 2.26. The molecular formula is C20H20ClF3O3. The summed E-state index contributed by atoms with van der Waals surface area (Å²) in [5.74, 6) is -1.91. The van der Waals surface area contributed by atoms with Gasteiger partial charge in [-0.1, -0.05) is 54.8 Å². The van der Waals surface area contributed by atoms with Crippen LogP contribution >= 0.6 is 11.6 Å². The molecule has 0 radical (unpaired) electrons. The number of carboxylic acids is 1. The van der Waals surface area contributed by atoms with Crippen molar-refractivity contribution in [3.8, 4) is 16.9 Å². The zero-order valence-corrected chi connectivity index (χ0v) is 15.7. The Balaban J connectivity index is 2.58. The highest BCUT2D eigenvalue weighted by Gasteiger charge is 2.30. The van der Waals surface area contributed by atoms with Crippen molar-refractivity contribution in [1.82, 2.24) is 0 Å². The Labute approximate surface area is 160 Å². The van der Waals surface area contributed by atoms with Crippen molar-refractivity contribution in [2.75, 3.05) is 6.61 Å². The first-order chi connectivity index (χ1) is 12.6. The molecule has 0 saturated carbocycles. The SMILES string of the molecule is CCCC(C(=O)O)c1cc(Cl)c(OCC(F)(F)F)c(-c2ccc(C)cc2)c1. The van der Waals surface area contributed by atoms with Gasteiger partial charge in [0.15, 0.2) is 6.61 Å². The van der Waals surface area contributed by atoms with E-state index in [1.54, 1.807) is 18.2 Å². The van der Waals surface area contributed by atoms with Crippen LogP contribution in [0.25, 0.3) is 11.1 Å². The number of benzene rings is 2. The van der Waals surface area contributed by atoms with Crippen LogP contribution in [0.3, 0.4) is 0 Å². The number of rotatable bonds is 7. The van der Waals surface area contributed by atoms with Crippen molar-refractivity contribution in [3.05, 3.63) is 52.5 Å². The number of carbonyl (C=O) groups is 1. The molecule has 1 atom stereocenters. The normalized spacial score (nSPS) is 12.7. The molecule has 146 valence electrons. The molecule has 0 spiro atoms. The highest BCUT2D eigenvalue weighted by Crippen LogP contribution is 2.41. The van der Waals surface area contributed by atoms with E-state index in [0.717, 1.165) is 5.56 Å². The monoisotopic (exact) mass is 400 g/mol. The van der Waals surface area contributed by atoms with E-state index in [1.807, 2.05) is 26.0 Å². The largest absolute Gasteiger partial charge is 0.482 e. The van der Waals surface area contributed by atoms with E-state index < -0.39 is 24.7 Å². The molecule has 0 saturated heterocycles. The smallest absolute Gasteiger partial charge is 0.422 e. The standard InChI is InChI=1S/C20H20ClF3O3/c1-3-4-15(19(25)26)14-9-16(13-7-5-12(2)6-8-13)18(17(21)10-14)27-11-20(22,23)24/h5-10,15H,3-4,11H2,1-2H3,(H,25,26). The fourth-order valence-electron chi connectivity index (χ4n) is 2.79. The highest BCUT2D eigenvalue weighted by molar-refractivity contribution is 6.32. The lowest BCUT2D eigenvalue weighted by Crippen LogP contribution is -2.20. The zero-order valence-electron chi connectivity index (χ0n) is 14.9. The first-order valence-electron chi connectivity index (χ1n) is 8.45. The Morgan fingerprint density at radius 1 is 1.22 bits per heavy atom. The molecule has 0 heterocycles. The number of aliphatic carboxylic acids is 1. The Hall–Kier alpha value is -2.21. The molecule has 0 aliphatic rings. The number of carboxylic acid groups (broad SMARTS) is 1. The quantitative estimate of drug-likeness (QED) is 0.599. The van der Waals surface area contributed by atoms with Crippen LogP contribution in [-0.4, -0.2) is 23.9 Å². The average Bonchev–Trinajstić information content (AvgIpc) is 2.57. The minimum atomic E-state index is -4.52. The van der Waals surface area contributed by atoms with Gasteiger partial charge in [-0.3, -0.25) is 4.79 Å². The van der Waals surface area contributed by atoms with Crippen molar-refractivity contribution in [2.45, 2.75) is 38.8 Å². The van der Waals surface area contributed by atoms with Crippen LogP contribution < -0.4 is 4.74 Å². The van der Waals surface area contributed by atoms with Crippen molar-refractivity contribution >= 4 is 17.6 Å². The summed E-state index contributed by atoms with van der Waals surface area (Å²) in [6.07, 6.45) is -3.49. The molecule has 0 aromatic heterocycles. The second kappa shape index (κ2) is 8.65. The van der Waals surface area contributed by atoms with E-state index in [4.69, 9.17) is 16.3 Å². The van der Waals surface area contributed by atoms with Crippen molar-refractivity contribution in [1.29, 1.82) is 0 Å². The van der Waals surface area contributed by atoms with Gasteiger partial charge in [-0.2, -0.15) is 13.2 Å². The van der Waals surface area contributed by atoms with E-state index in [-0.39, 0.29) is 10.8 Å². The van der Waals surface area contributed by atoms with Gasteiger partial charge in [0.1, 0.15) is 5.75 Å². The lowest BCUT2D eigenvalue weighted by atomic mass is 9.91. The maximum atomic E-state index is 12.6. The van der Waals surface area contributed by atoms with Gasteiger partial charge in [0.25, 0.3) is 0 Å². The van der Waals surface area contributed by atoms with E-state index in [9.17, 15) is 23.1 Å². The third kappa shape index (κ3) is 5.63. The lowest BCUT2D eigenvalue weighted by Gasteiger charge is -2.19. The van der Waals surface area contributed by atoms with Crippen LogP contribution in [-0.2, 0) is 4.79 Å². The average molecular weight is 401 g/mol. The van der Waals surface area contributed by atoms with E-state index in [0.29, 0.717) is 29.5 Å². The molecule has 27 heavy (non-hydrogen) atoms. The number of hydrogen-bond acceptors (Lipinski definition) is 2. The van der Waals surface area contributed by atoms with Crippen molar-refractivity contribution in [2.24, 2.45) is 0 Å². The number of ether oxygens (including phenoxy) is 1. The molecule has 3 nitrogen and oxygen atoms in total. The van der Waals surface area contributed by atoms with Crippen LogP contribution in [0.5, 0.6) is 5.75 Å². The molecule has 7 heteroatoms. The Kier molecular flexibility index (Phi) is 6.76. The fraction of sp³-hybridized carbons (Fsp3) is 0.350. The molecule has 0 aliphatic carbocycles. The van der Waals surface area contributed by atoms with Gasteiger partial charge in [-0.05, 0) is 36.6 Å². The number of hydrogen-bond donors (Lipinski definition) is 1. The third-order valence-corrected chi connectivity index (χ3v) is 4.37. The highest BCUT2D eigenvalue weighted by atomic mass is 35.5. The second-order valence-corrected chi connectivity index (χ2v) is 6.74. The predicted octanol–water partition coefficient (Wildman–Crippen LogP) is 6.22. The first kappa shape index (κ1) is 21.1. The van der Waals surface area contributed by atoms with Crippen LogP contribution in [0.15, 0.2) is 36.4 Å². The maximum Gasteiger partial charge on any atom is 0.422 e. The maximum absolute atomic E-state index is 12.6. The van der Waals surface area contributed by atoms with Crippen LogP contribution in [0.1, 0.15) is 36.8 Å². The molecular weight excluding hydrogens is 381 g/mol. The summed E-state index contributed by atoms with van der Waals surface area (Å²) in [6, 6.07) is 10.0. The van der Waals surface area contributed by atoms with Crippen LogP contribution in [0, 0.1) is 6.92 Å². The number of alkyl halides is 3. The van der Waals surface area contributed by atoms with Crippen LogP contribution in [0.4, 0.5) is 13.2 Å². The summed E-state index contributed by atoms with van der Waals surface area (Å²) < 4.78 is 42.9. The van der Waals surface area contributed by atoms with Gasteiger partial charge in [-0.15, -0.1) is 0 Å². The Morgan fingerprint density at radius 2 is 1.85 bits per heavy atom. The van der Waals surface area contributed by atoms with E-state index >= 15 is 0 Å². The molecule has 2 rings (SSSR count). The summed E-state index contributed by atoms with van der Waals surface area (Å²) in [5.41, 5.74) is 2.35. The third-order valence-electron chi connectivity index (χ3n) is 4.09. The van der Waals surface area contributed by atoms with Gasteiger partial charge in [0.2, 0.25) is 0 Å². The molecule has 1 unspecified atom stereocenters. The molecule has 0 bridgehead atoms. The van der Waals surface area contributed by atoms with Gasteiger partial charge in [-0.25, -0.2) is 0 Å². The second-order valence-electron chi connectivity index (χ2n) is 6.33. The molecule has 2 aromatic rings. The predicted molar refractivity (Wildman–Crippen MR) is 98.5 cm³/mol. The summed E-state index contributed by atoms with van der Waals surface area (Å²) in [4.78, 5) is 11.6. The minimum absolute atomic E-state index is 0.0466.